The molecule has 1 heterocycles. The lowest BCUT2D eigenvalue weighted by Crippen LogP contribution is -2.09. The second-order valence-electron chi connectivity index (χ2n) is 3.78. The van der Waals surface area contributed by atoms with Gasteiger partial charge in [-0.15, -0.1) is 0 Å². The minimum atomic E-state index is 0.458. The molecule has 0 bridgehead atoms. The molecule has 80 valence electrons. The molecule has 0 saturated heterocycles. The van der Waals surface area contributed by atoms with Crippen LogP contribution in [0.1, 0.15) is 16.7 Å². The molecule has 2 aromatic rings. The summed E-state index contributed by atoms with van der Waals surface area (Å²) in [6.07, 6.45) is 1.54. The van der Waals surface area contributed by atoms with E-state index in [9.17, 15) is 0 Å². The second-order valence-corrected chi connectivity index (χ2v) is 3.78. The Hall–Kier alpha value is -2.12. The van der Waals surface area contributed by atoms with Gasteiger partial charge in [-0.05, 0) is 25.5 Å². The van der Waals surface area contributed by atoms with Crippen LogP contribution in [-0.4, -0.2) is 4.98 Å². The zero-order valence-electron chi connectivity index (χ0n) is 9.20. The SMILES string of the molecule is Cc1cc(C)c2ncc(C#N)c(NN)c2c1. The Balaban J connectivity index is 2.93. The fraction of sp³-hybridized carbons (Fsp3) is 0.167. The van der Waals surface area contributed by atoms with Crippen molar-refractivity contribution in [3.8, 4) is 6.07 Å². The van der Waals surface area contributed by atoms with Crippen LogP contribution in [0.5, 0.6) is 0 Å². The molecule has 0 amide bonds. The van der Waals surface area contributed by atoms with E-state index in [4.69, 9.17) is 11.1 Å². The number of nitrogens with two attached hydrogens (primary N) is 1. The highest BCUT2D eigenvalue weighted by Gasteiger charge is 2.09. The van der Waals surface area contributed by atoms with Gasteiger partial charge in [-0.1, -0.05) is 11.6 Å². The van der Waals surface area contributed by atoms with Crippen molar-refractivity contribution in [2.45, 2.75) is 13.8 Å². The monoisotopic (exact) mass is 212 g/mol. The number of anilines is 1. The first kappa shape index (κ1) is 10.4. The van der Waals surface area contributed by atoms with Crippen LogP contribution in [0.4, 0.5) is 5.69 Å². The van der Waals surface area contributed by atoms with Gasteiger partial charge in [0.1, 0.15) is 6.07 Å². The molecule has 4 nitrogen and oxygen atoms in total. The molecule has 16 heavy (non-hydrogen) atoms. The Morgan fingerprint density at radius 2 is 2.12 bits per heavy atom. The molecule has 0 aliphatic heterocycles. The maximum Gasteiger partial charge on any atom is 0.103 e. The van der Waals surface area contributed by atoms with E-state index >= 15 is 0 Å². The second kappa shape index (κ2) is 3.80. The number of rotatable bonds is 1. The quantitative estimate of drug-likeness (QED) is 0.560. The zero-order valence-corrected chi connectivity index (χ0v) is 9.20. The highest BCUT2D eigenvalue weighted by atomic mass is 15.2. The summed E-state index contributed by atoms with van der Waals surface area (Å²) < 4.78 is 0. The van der Waals surface area contributed by atoms with Crippen molar-refractivity contribution in [2.75, 3.05) is 5.43 Å². The Bertz CT molecular complexity index is 596. The molecule has 0 spiro atoms. The van der Waals surface area contributed by atoms with Gasteiger partial charge in [-0.3, -0.25) is 10.8 Å². The van der Waals surface area contributed by atoms with E-state index in [0.717, 1.165) is 22.0 Å². The first-order valence-corrected chi connectivity index (χ1v) is 4.94. The van der Waals surface area contributed by atoms with E-state index in [2.05, 4.69) is 22.5 Å². The van der Waals surface area contributed by atoms with Gasteiger partial charge < -0.3 is 5.43 Å². The third-order valence-corrected chi connectivity index (χ3v) is 2.57. The van der Waals surface area contributed by atoms with Gasteiger partial charge in [0.05, 0.1) is 16.8 Å². The molecule has 2 rings (SSSR count). The van der Waals surface area contributed by atoms with Crippen LogP contribution in [-0.2, 0) is 0 Å². The van der Waals surface area contributed by atoms with Gasteiger partial charge in [-0.25, -0.2) is 0 Å². The lowest BCUT2D eigenvalue weighted by atomic mass is 10.0. The molecule has 0 unspecified atom stereocenters. The van der Waals surface area contributed by atoms with Gasteiger partial charge in [0, 0.05) is 11.6 Å². The van der Waals surface area contributed by atoms with E-state index in [0.29, 0.717) is 11.3 Å². The average Bonchev–Trinajstić information content (AvgIpc) is 2.27. The Morgan fingerprint density at radius 3 is 2.75 bits per heavy atom. The summed E-state index contributed by atoms with van der Waals surface area (Å²) in [7, 11) is 0. The molecule has 0 aliphatic carbocycles. The van der Waals surface area contributed by atoms with E-state index in [-0.39, 0.29) is 0 Å². The van der Waals surface area contributed by atoms with Crippen molar-refractivity contribution in [3.05, 3.63) is 35.0 Å². The van der Waals surface area contributed by atoms with Crippen LogP contribution in [0.3, 0.4) is 0 Å². The fourth-order valence-electron chi connectivity index (χ4n) is 1.90. The molecule has 0 saturated carbocycles. The van der Waals surface area contributed by atoms with Crippen molar-refractivity contribution < 1.29 is 0 Å². The number of hydrazine groups is 1. The average molecular weight is 212 g/mol. The predicted octanol–water partition coefficient (Wildman–Crippen LogP) is 2.01. The molecule has 0 radical (unpaired) electrons. The van der Waals surface area contributed by atoms with Gasteiger partial charge in [-0.2, -0.15) is 5.26 Å². The number of hydrogen-bond acceptors (Lipinski definition) is 4. The van der Waals surface area contributed by atoms with Crippen molar-refractivity contribution in [1.29, 1.82) is 5.26 Å². The molecular formula is C12H12N4. The van der Waals surface area contributed by atoms with E-state index in [1.807, 2.05) is 19.9 Å². The number of fused-ring (bicyclic) bond motifs is 1. The first-order chi connectivity index (χ1) is 7.67. The summed E-state index contributed by atoms with van der Waals surface area (Å²) >= 11 is 0. The third-order valence-electron chi connectivity index (χ3n) is 2.57. The smallest absolute Gasteiger partial charge is 0.103 e. The maximum atomic E-state index is 8.96. The highest BCUT2D eigenvalue weighted by Crippen LogP contribution is 2.27. The standard InChI is InChI=1S/C12H12N4/c1-7-3-8(2)11-10(4-7)12(16-14)9(5-13)6-15-11/h3-4,6H,14H2,1-2H3,(H,15,16). The molecule has 1 aromatic carbocycles. The molecule has 3 N–H and O–H groups in total. The summed E-state index contributed by atoms with van der Waals surface area (Å²) in [4.78, 5) is 4.28. The van der Waals surface area contributed by atoms with Crippen molar-refractivity contribution in [2.24, 2.45) is 5.84 Å². The lowest BCUT2D eigenvalue weighted by molar-refractivity contribution is 1.28. The Labute approximate surface area is 93.7 Å². The number of aryl methyl sites for hydroxylation is 2. The number of nitrogen functional groups attached to an aromatic ring is 1. The normalized spacial score (nSPS) is 10.1. The number of aromatic nitrogens is 1. The fourth-order valence-corrected chi connectivity index (χ4v) is 1.90. The van der Waals surface area contributed by atoms with Crippen molar-refractivity contribution in [1.82, 2.24) is 4.98 Å². The molecule has 4 heteroatoms. The topological polar surface area (TPSA) is 74.7 Å². The summed E-state index contributed by atoms with van der Waals surface area (Å²) in [6.45, 7) is 4.00. The van der Waals surface area contributed by atoms with Gasteiger partial charge in [0.2, 0.25) is 0 Å². The maximum absolute atomic E-state index is 8.96. The van der Waals surface area contributed by atoms with Crippen LogP contribution in [0.2, 0.25) is 0 Å². The Kier molecular flexibility index (Phi) is 2.47. The molecule has 0 aliphatic rings. The highest BCUT2D eigenvalue weighted by molar-refractivity contribution is 5.95. The van der Waals surface area contributed by atoms with Gasteiger partial charge >= 0.3 is 0 Å². The van der Waals surface area contributed by atoms with E-state index in [1.54, 1.807) is 6.20 Å². The van der Waals surface area contributed by atoms with Crippen LogP contribution < -0.4 is 11.3 Å². The molecule has 0 atom stereocenters. The van der Waals surface area contributed by atoms with Gasteiger partial charge in [0.15, 0.2) is 0 Å². The first-order valence-electron chi connectivity index (χ1n) is 4.94. The summed E-state index contributed by atoms with van der Waals surface area (Å²) in [5, 5.41) is 9.85. The number of pyridine rings is 1. The van der Waals surface area contributed by atoms with Crippen LogP contribution >= 0.6 is 0 Å². The van der Waals surface area contributed by atoms with Crippen molar-refractivity contribution in [3.63, 3.8) is 0 Å². The molecular weight excluding hydrogens is 200 g/mol. The van der Waals surface area contributed by atoms with Crippen LogP contribution in [0, 0.1) is 25.2 Å². The minimum absolute atomic E-state index is 0.458. The zero-order chi connectivity index (χ0) is 11.7. The number of nitrogens with zero attached hydrogens (tertiary/aromatic N) is 2. The molecule has 0 fully saturated rings. The van der Waals surface area contributed by atoms with Gasteiger partial charge in [0.25, 0.3) is 0 Å². The number of nitrogens with one attached hydrogen (secondary N) is 1. The van der Waals surface area contributed by atoms with E-state index in [1.165, 1.54) is 0 Å². The van der Waals surface area contributed by atoms with Crippen LogP contribution in [0.25, 0.3) is 10.9 Å². The number of hydrogen-bond donors (Lipinski definition) is 2. The number of benzene rings is 1. The number of nitriles is 1. The lowest BCUT2D eigenvalue weighted by Gasteiger charge is -2.09. The van der Waals surface area contributed by atoms with E-state index < -0.39 is 0 Å². The molecule has 1 aromatic heterocycles. The largest absolute Gasteiger partial charge is 0.322 e. The summed E-state index contributed by atoms with van der Waals surface area (Å²) in [6, 6.07) is 6.11. The Morgan fingerprint density at radius 1 is 1.38 bits per heavy atom. The summed E-state index contributed by atoms with van der Waals surface area (Å²) in [5.41, 5.74) is 6.75. The van der Waals surface area contributed by atoms with Crippen LogP contribution in [0.15, 0.2) is 18.3 Å². The minimum Gasteiger partial charge on any atom is -0.322 e. The predicted molar refractivity (Wildman–Crippen MR) is 63.7 cm³/mol. The third kappa shape index (κ3) is 1.47. The summed E-state index contributed by atoms with van der Waals surface area (Å²) in [5.74, 6) is 5.46. The van der Waals surface area contributed by atoms with Crippen molar-refractivity contribution >= 4 is 16.6 Å².